The molecule has 8 nitrogen and oxygen atoms in total. The van der Waals surface area contributed by atoms with Gasteiger partial charge >= 0.3 is 0 Å². The van der Waals surface area contributed by atoms with Crippen molar-refractivity contribution in [3.05, 3.63) is 41.3 Å². The van der Waals surface area contributed by atoms with E-state index in [9.17, 15) is 4.79 Å². The predicted molar refractivity (Wildman–Crippen MR) is 101 cm³/mol. The van der Waals surface area contributed by atoms with Crippen LogP contribution in [0.25, 0.3) is 11.0 Å². The fourth-order valence-electron chi connectivity index (χ4n) is 3.25. The molecule has 8 heteroatoms. The molecule has 1 fully saturated rings. The van der Waals surface area contributed by atoms with Crippen LogP contribution in [0.1, 0.15) is 28.7 Å². The second-order valence-electron chi connectivity index (χ2n) is 6.59. The van der Waals surface area contributed by atoms with E-state index in [0.717, 1.165) is 42.2 Å². The minimum atomic E-state index is -0.162. The van der Waals surface area contributed by atoms with Crippen LogP contribution in [0.5, 0.6) is 0 Å². The zero-order chi connectivity index (χ0) is 18.8. The minimum absolute atomic E-state index is 0.162. The summed E-state index contributed by atoms with van der Waals surface area (Å²) in [5, 5.41) is 6.80. The normalized spacial score (nSPS) is 14.7. The molecule has 142 valence electrons. The number of nitrogens with zero attached hydrogens (tertiary/aromatic N) is 4. The second-order valence-corrected chi connectivity index (χ2v) is 6.59. The quantitative estimate of drug-likeness (QED) is 0.739. The van der Waals surface area contributed by atoms with Gasteiger partial charge in [0.25, 0.3) is 5.91 Å². The summed E-state index contributed by atoms with van der Waals surface area (Å²) in [5.74, 6) is 1.39. The van der Waals surface area contributed by atoms with E-state index in [1.807, 2.05) is 38.2 Å². The molecule has 0 radical (unpaired) electrons. The van der Waals surface area contributed by atoms with E-state index in [4.69, 9.17) is 14.2 Å². The van der Waals surface area contributed by atoms with Crippen molar-refractivity contribution in [2.24, 2.45) is 7.05 Å². The lowest BCUT2D eigenvalue weighted by Crippen LogP contribution is -2.37. The molecule has 4 rings (SSSR count). The molecule has 1 aliphatic rings. The van der Waals surface area contributed by atoms with Crippen LogP contribution in [0.2, 0.25) is 0 Å². The highest BCUT2D eigenvalue weighted by Gasteiger charge is 2.18. The van der Waals surface area contributed by atoms with Gasteiger partial charge in [0.1, 0.15) is 0 Å². The van der Waals surface area contributed by atoms with Gasteiger partial charge in [-0.15, -0.1) is 0 Å². The van der Waals surface area contributed by atoms with Crippen LogP contribution in [0, 0.1) is 0 Å². The number of ether oxygens (including phenoxy) is 1. The zero-order valence-corrected chi connectivity index (χ0v) is 15.6. The van der Waals surface area contributed by atoms with Gasteiger partial charge in [-0.25, -0.2) is 4.98 Å². The van der Waals surface area contributed by atoms with Crippen LogP contribution in [0.3, 0.4) is 0 Å². The van der Waals surface area contributed by atoms with Crippen molar-refractivity contribution in [1.82, 2.24) is 20.0 Å². The van der Waals surface area contributed by atoms with Gasteiger partial charge in [-0.05, 0) is 24.6 Å². The second kappa shape index (κ2) is 7.40. The summed E-state index contributed by atoms with van der Waals surface area (Å²) in [6.07, 6.45) is 0.805. The van der Waals surface area contributed by atoms with Gasteiger partial charge in [-0.1, -0.05) is 12.1 Å². The average molecular weight is 369 g/mol. The number of nitrogens with one attached hydrogen (secondary N) is 1. The zero-order valence-electron chi connectivity index (χ0n) is 15.6. The van der Waals surface area contributed by atoms with Gasteiger partial charge in [-0.2, -0.15) is 0 Å². The maximum Gasteiger partial charge on any atom is 0.251 e. The summed E-state index contributed by atoms with van der Waals surface area (Å²) < 4.78 is 12.7. The lowest BCUT2D eigenvalue weighted by atomic mass is 10.2. The van der Waals surface area contributed by atoms with Gasteiger partial charge in [-0.3, -0.25) is 4.79 Å². The van der Waals surface area contributed by atoms with Crippen LogP contribution in [0.15, 0.2) is 28.8 Å². The molecule has 27 heavy (non-hydrogen) atoms. The Morgan fingerprint density at radius 2 is 2.07 bits per heavy atom. The summed E-state index contributed by atoms with van der Waals surface area (Å²) in [7, 11) is 2.00. The van der Waals surface area contributed by atoms with E-state index in [1.165, 1.54) is 0 Å². The maximum absolute atomic E-state index is 12.5. The van der Waals surface area contributed by atoms with Crippen molar-refractivity contribution in [2.45, 2.75) is 19.9 Å². The minimum Gasteiger partial charge on any atom is -0.378 e. The highest BCUT2D eigenvalue weighted by atomic mass is 16.5. The number of benzene rings is 1. The molecule has 1 N–H and O–H groups in total. The predicted octanol–water partition coefficient (Wildman–Crippen LogP) is 1.89. The van der Waals surface area contributed by atoms with Gasteiger partial charge in [0.15, 0.2) is 5.76 Å². The first-order valence-corrected chi connectivity index (χ1v) is 9.17. The molecular formula is C19H23N5O3. The first-order valence-electron chi connectivity index (χ1n) is 9.17. The number of hydrogen-bond donors (Lipinski definition) is 1. The van der Waals surface area contributed by atoms with E-state index in [2.05, 4.69) is 19.9 Å². The molecule has 2 aromatic heterocycles. The summed E-state index contributed by atoms with van der Waals surface area (Å²) >= 11 is 0. The molecule has 1 aliphatic heterocycles. The number of imidazole rings is 1. The van der Waals surface area contributed by atoms with Gasteiger partial charge in [0.2, 0.25) is 5.95 Å². The van der Waals surface area contributed by atoms with Crippen LogP contribution in [-0.4, -0.2) is 46.9 Å². The Balaban J connectivity index is 1.51. The lowest BCUT2D eigenvalue weighted by Gasteiger charge is -2.27. The number of aryl methyl sites for hydroxylation is 2. The number of carbonyl (C=O) groups is 1. The number of carbonyl (C=O) groups excluding carboxylic acids is 1. The molecule has 0 aliphatic carbocycles. The molecule has 0 bridgehead atoms. The molecule has 0 atom stereocenters. The monoisotopic (exact) mass is 369 g/mol. The number of anilines is 1. The van der Waals surface area contributed by atoms with Crippen molar-refractivity contribution in [1.29, 1.82) is 0 Å². The molecule has 3 aromatic rings. The van der Waals surface area contributed by atoms with Gasteiger partial charge < -0.3 is 24.0 Å². The fourth-order valence-corrected chi connectivity index (χ4v) is 3.25. The van der Waals surface area contributed by atoms with E-state index < -0.39 is 0 Å². The summed E-state index contributed by atoms with van der Waals surface area (Å²) in [5.41, 5.74) is 3.25. The van der Waals surface area contributed by atoms with E-state index in [1.54, 1.807) is 0 Å². The Bertz CT molecular complexity index is 956. The van der Waals surface area contributed by atoms with Crippen molar-refractivity contribution >= 4 is 22.9 Å². The first-order chi connectivity index (χ1) is 13.2. The SMILES string of the molecule is CCc1cc(CNC(=O)c2ccc3c(c2)nc(N2CCOCC2)n3C)on1. The molecule has 3 heterocycles. The molecule has 0 unspecified atom stereocenters. The van der Waals surface area contributed by atoms with E-state index in [0.29, 0.717) is 31.1 Å². The number of rotatable bonds is 5. The first kappa shape index (κ1) is 17.5. The summed E-state index contributed by atoms with van der Waals surface area (Å²) in [4.78, 5) is 19.4. The van der Waals surface area contributed by atoms with Crippen molar-refractivity contribution in [2.75, 3.05) is 31.2 Å². The third-order valence-corrected chi connectivity index (χ3v) is 4.81. The average Bonchev–Trinajstić information content (AvgIpc) is 3.31. The molecule has 1 saturated heterocycles. The van der Waals surface area contributed by atoms with Crippen molar-refractivity contribution in [3.8, 4) is 0 Å². The highest BCUT2D eigenvalue weighted by molar-refractivity contribution is 5.97. The number of morpholine rings is 1. The van der Waals surface area contributed by atoms with Crippen LogP contribution < -0.4 is 10.2 Å². The Hall–Kier alpha value is -2.87. The number of fused-ring (bicyclic) bond motifs is 1. The molecule has 0 saturated carbocycles. The number of amides is 1. The molecular weight excluding hydrogens is 346 g/mol. The van der Waals surface area contributed by atoms with E-state index in [-0.39, 0.29) is 5.91 Å². The lowest BCUT2D eigenvalue weighted by molar-refractivity contribution is 0.0947. The largest absolute Gasteiger partial charge is 0.378 e. The Morgan fingerprint density at radius 1 is 1.26 bits per heavy atom. The van der Waals surface area contributed by atoms with Crippen LogP contribution in [-0.2, 0) is 24.8 Å². The van der Waals surface area contributed by atoms with Gasteiger partial charge in [0, 0.05) is 31.8 Å². The van der Waals surface area contributed by atoms with Crippen molar-refractivity contribution < 1.29 is 14.1 Å². The Kier molecular flexibility index (Phi) is 4.81. The number of hydrogen-bond acceptors (Lipinski definition) is 6. The summed E-state index contributed by atoms with van der Waals surface area (Å²) in [6, 6.07) is 7.44. The standard InChI is InChI=1S/C19H23N5O3/c1-3-14-11-15(27-22-14)12-20-18(25)13-4-5-17-16(10-13)21-19(23(17)2)24-6-8-26-9-7-24/h4-5,10-11H,3,6-9,12H2,1-2H3,(H,20,25). The molecule has 1 aromatic carbocycles. The fraction of sp³-hybridized carbons (Fsp3) is 0.421. The van der Waals surface area contributed by atoms with E-state index >= 15 is 0 Å². The summed E-state index contributed by atoms with van der Waals surface area (Å²) in [6.45, 7) is 5.37. The molecule has 1 amide bonds. The Labute approximate surface area is 157 Å². The van der Waals surface area contributed by atoms with Crippen molar-refractivity contribution in [3.63, 3.8) is 0 Å². The Morgan fingerprint density at radius 3 is 2.81 bits per heavy atom. The topological polar surface area (TPSA) is 85.4 Å². The van der Waals surface area contributed by atoms with Crippen LogP contribution in [0.4, 0.5) is 5.95 Å². The van der Waals surface area contributed by atoms with Gasteiger partial charge in [0.05, 0.1) is 36.5 Å². The maximum atomic E-state index is 12.5. The van der Waals surface area contributed by atoms with Crippen LogP contribution >= 0.6 is 0 Å². The number of aromatic nitrogens is 3. The third kappa shape index (κ3) is 3.52. The third-order valence-electron chi connectivity index (χ3n) is 4.81. The highest BCUT2D eigenvalue weighted by Crippen LogP contribution is 2.23. The molecule has 0 spiro atoms. The smallest absolute Gasteiger partial charge is 0.251 e.